The third-order valence-corrected chi connectivity index (χ3v) is 5.10. The minimum atomic E-state index is -0.516. The van der Waals surface area contributed by atoms with Crippen LogP contribution in [0, 0.1) is 0 Å². The Bertz CT molecular complexity index is 806. The molecule has 3 rings (SSSR count). The van der Waals surface area contributed by atoms with E-state index >= 15 is 0 Å². The highest BCUT2D eigenvalue weighted by molar-refractivity contribution is 7.15. The van der Waals surface area contributed by atoms with Crippen molar-refractivity contribution in [2.45, 2.75) is 26.4 Å². The highest BCUT2D eigenvalue weighted by Crippen LogP contribution is 2.28. The van der Waals surface area contributed by atoms with Crippen LogP contribution in [0.15, 0.2) is 24.3 Å². The lowest BCUT2D eigenvalue weighted by atomic mass is 10.2. The number of fused-ring (bicyclic) bond motifs is 1. The van der Waals surface area contributed by atoms with Crippen LogP contribution in [0.4, 0.5) is 14.7 Å². The first-order valence-corrected chi connectivity index (χ1v) is 9.48. The summed E-state index contributed by atoms with van der Waals surface area (Å²) in [5.74, 6) is 0.783. The van der Waals surface area contributed by atoms with E-state index < -0.39 is 6.09 Å². The Labute approximate surface area is 161 Å². The molecule has 0 fully saturated rings. The number of hydrogen-bond donors (Lipinski definition) is 2. The van der Waals surface area contributed by atoms with Crippen LogP contribution in [0.1, 0.15) is 23.1 Å². The van der Waals surface area contributed by atoms with Crippen molar-refractivity contribution < 1.29 is 19.1 Å². The first-order valence-electron chi connectivity index (χ1n) is 8.67. The van der Waals surface area contributed by atoms with Gasteiger partial charge < -0.3 is 19.7 Å². The molecule has 0 aliphatic carbocycles. The molecule has 144 valence electrons. The van der Waals surface area contributed by atoms with Crippen LogP contribution in [0.5, 0.6) is 5.75 Å². The summed E-state index contributed by atoms with van der Waals surface area (Å²) in [6.07, 6.45) is 0.143. The van der Waals surface area contributed by atoms with Gasteiger partial charge in [0.05, 0.1) is 26.0 Å². The van der Waals surface area contributed by atoms with E-state index in [1.807, 2.05) is 24.3 Å². The fraction of sp³-hybridized carbons (Fsp3) is 0.389. The Morgan fingerprint density at radius 3 is 2.78 bits per heavy atom. The highest BCUT2D eigenvalue weighted by atomic mass is 32.1. The molecule has 0 saturated heterocycles. The topological polar surface area (TPSA) is 92.8 Å². The van der Waals surface area contributed by atoms with Gasteiger partial charge in [0.1, 0.15) is 5.75 Å². The largest absolute Gasteiger partial charge is 0.497 e. The number of urea groups is 1. The number of anilines is 1. The minimum absolute atomic E-state index is 0.121. The van der Waals surface area contributed by atoms with Gasteiger partial charge in [-0.3, -0.25) is 5.32 Å². The van der Waals surface area contributed by atoms with Crippen LogP contribution in [-0.4, -0.2) is 42.3 Å². The van der Waals surface area contributed by atoms with Crippen LogP contribution in [-0.2, 0) is 24.2 Å². The zero-order valence-electron chi connectivity index (χ0n) is 15.3. The van der Waals surface area contributed by atoms with Gasteiger partial charge in [0.2, 0.25) is 0 Å². The number of benzene rings is 1. The van der Waals surface area contributed by atoms with Gasteiger partial charge in [-0.05, 0) is 24.6 Å². The van der Waals surface area contributed by atoms with Gasteiger partial charge in [-0.15, -0.1) is 0 Å². The summed E-state index contributed by atoms with van der Waals surface area (Å²) in [5.41, 5.74) is 1.92. The number of carbonyl (C=O) groups is 2. The second-order valence-corrected chi connectivity index (χ2v) is 7.00. The Hall–Kier alpha value is -2.81. The highest BCUT2D eigenvalue weighted by Gasteiger charge is 2.24. The summed E-state index contributed by atoms with van der Waals surface area (Å²) in [7, 11) is 1.62. The van der Waals surface area contributed by atoms with Gasteiger partial charge in [0.15, 0.2) is 5.13 Å². The zero-order chi connectivity index (χ0) is 19.2. The maximum absolute atomic E-state index is 12.5. The second kappa shape index (κ2) is 8.72. The van der Waals surface area contributed by atoms with E-state index in [1.54, 1.807) is 18.9 Å². The van der Waals surface area contributed by atoms with Crippen LogP contribution >= 0.6 is 11.3 Å². The van der Waals surface area contributed by atoms with E-state index in [1.165, 1.54) is 11.3 Å². The van der Waals surface area contributed by atoms with E-state index in [-0.39, 0.29) is 6.03 Å². The van der Waals surface area contributed by atoms with Crippen molar-refractivity contribution in [3.8, 4) is 5.75 Å². The number of nitrogens with one attached hydrogen (secondary N) is 2. The Balaban J connectivity index is 1.54. The van der Waals surface area contributed by atoms with Gasteiger partial charge in [0, 0.05) is 24.4 Å². The maximum Gasteiger partial charge on any atom is 0.413 e. The summed E-state index contributed by atoms with van der Waals surface area (Å²) < 4.78 is 9.99. The monoisotopic (exact) mass is 390 g/mol. The van der Waals surface area contributed by atoms with Crippen LogP contribution < -0.4 is 15.4 Å². The van der Waals surface area contributed by atoms with Gasteiger partial charge in [-0.2, -0.15) is 0 Å². The number of hydrogen-bond acceptors (Lipinski definition) is 6. The van der Waals surface area contributed by atoms with E-state index in [0.717, 1.165) is 21.9 Å². The summed E-state index contributed by atoms with van der Waals surface area (Å²) in [6.45, 7) is 3.56. The maximum atomic E-state index is 12.5. The van der Waals surface area contributed by atoms with Crippen LogP contribution in [0.3, 0.4) is 0 Å². The first kappa shape index (κ1) is 19.0. The third-order valence-electron chi connectivity index (χ3n) is 4.11. The number of rotatable bonds is 5. The number of methoxy groups -OCH3 is 1. The molecule has 27 heavy (non-hydrogen) atoms. The van der Waals surface area contributed by atoms with Crippen molar-refractivity contribution in [1.82, 2.24) is 15.2 Å². The quantitative estimate of drug-likeness (QED) is 0.819. The number of nitrogens with zero attached hydrogens (tertiary/aromatic N) is 2. The second-order valence-electron chi connectivity index (χ2n) is 5.91. The van der Waals surface area contributed by atoms with Gasteiger partial charge in [0.25, 0.3) is 0 Å². The molecule has 2 aromatic rings. The van der Waals surface area contributed by atoms with E-state index in [2.05, 4.69) is 15.6 Å². The molecule has 9 heteroatoms. The van der Waals surface area contributed by atoms with Gasteiger partial charge in [-0.25, -0.2) is 14.6 Å². The number of aromatic nitrogens is 1. The molecule has 0 saturated carbocycles. The SMILES string of the molecule is CCOC(=O)Nc1nc2c(s1)CN(C(=O)NCc1ccc(OC)cc1)CC2. The van der Waals surface area contributed by atoms with Crippen molar-refractivity contribution >= 4 is 28.6 Å². The van der Waals surface area contributed by atoms with Gasteiger partial charge >= 0.3 is 12.1 Å². The normalized spacial score (nSPS) is 12.9. The Morgan fingerprint density at radius 1 is 1.30 bits per heavy atom. The first-order chi connectivity index (χ1) is 13.1. The summed E-state index contributed by atoms with van der Waals surface area (Å²) in [5, 5.41) is 6.05. The van der Waals surface area contributed by atoms with Gasteiger partial charge in [-0.1, -0.05) is 23.5 Å². The summed E-state index contributed by atoms with van der Waals surface area (Å²) in [6, 6.07) is 7.45. The molecule has 1 aromatic carbocycles. The van der Waals surface area contributed by atoms with E-state index in [4.69, 9.17) is 9.47 Å². The Kier molecular flexibility index (Phi) is 6.12. The fourth-order valence-electron chi connectivity index (χ4n) is 2.71. The lowest BCUT2D eigenvalue weighted by molar-refractivity contribution is 0.168. The molecule has 0 atom stereocenters. The van der Waals surface area contributed by atoms with Crippen LogP contribution in [0.25, 0.3) is 0 Å². The number of amides is 3. The van der Waals surface area contributed by atoms with E-state index in [9.17, 15) is 9.59 Å². The zero-order valence-corrected chi connectivity index (χ0v) is 16.1. The smallest absolute Gasteiger partial charge is 0.413 e. The predicted molar refractivity (Wildman–Crippen MR) is 102 cm³/mol. The molecule has 1 aliphatic rings. The average molecular weight is 390 g/mol. The number of thiazole rings is 1. The van der Waals surface area contributed by atoms with Crippen LogP contribution in [0.2, 0.25) is 0 Å². The molecular weight excluding hydrogens is 368 g/mol. The Morgan fingerprint density at radius 2 is 2.07 bits per heavy atom. The molecule has 3 amide bonds. The molecular formula is C18H22N4O4S. The molecule has 0 bridgehead atoms. The summed E-state index contributed by atoms with van der Waals surface area (Å²) >= 11 is 1.37. The molecule has 0 unspecified atom stereocenters. The van der Waals surface area contributed by atoms with Crippen molar-refractivity contribution in [3.05, 3.63) is 40.4 Å². The van der Waals surface area contributed by atoms with Crippen molar-refractivity contribution in [2.75, 3.05) is 25.6 Å². The van der Waals surface area contributed by atoms with Crippen molar-refractivity contribution in [2.24, 2.45) is 0 Å². The van der Waals surface area contributed by atoms with Crippen molar-refractivity contribution in [3.63, 3.8) is 0 Å². The average Bonchev–Trinajstić information content (AvgIpc) is 3.07. The minimum Gasteiger partial charge on any atom is -0.497 e. The number of ether oxygens (including phenoxy) is 2. The number of carbonyl (C=O) groups excluding carboxylic acids is 2. The standard InChI is InChI=1S/C18H22N4O4S/c1-3-26-18(24)21-16-20-14-8-9-22(11-15(14)27-16)17(23)19-10-12-4-6-13(25-2)7-5-12/h4-7H,3,8-11H2,1-2H3,(H,19,23)(H,20,21,24). The molecule has 2 N–H and O–H groups in total. The predicted octanol–water partition coefficient (Wildman–Crippen LogP) is 2.99. The fourth-order valence-corrected chi connectivity index (χ4v) is 3.72. The molecule has 2 heterocycles. The third kappa shape index (κ3) is 4.88. The van der Waals surface area contributed by atoms with Crippen molar-refractivity contribution in [1.29, 1.82) is 0 Å². The molecule has 1 aromatic heterocycles. The molecule has 0 spiro atoms. The lowest BCUT2D eigenvalue weighted by Crippen LogP contribution is -2.42. The molecule has 8 nitrogen and oxygen atoms in total. The summed E-state index contributed by atoms with van der Waals surface area (Å²) in [4.78, 5) is 31.1. The lowest BCUT2D eigenvalue weighted by Gasteiger charge is -2.26. The molecule has 1 aliphatic heterocycles. The molecule has 0 radical (unpaired) electrons. The van der Waals surface area contributed by atoms with E-state index in [0.29, 0.717) is 37.8 Å².